The van der Waals surface area contributed by atoms with Crippen molar-refractivity contribution in [2.75, 3.05) is 6.61 Å². The maximum Gasteiger partial charge on any atom is 0.324 e. The summed E-state index contributed by atoms with van der Waals surface area (Å²) in [5, 5.41) is 0. The van der Waals surface area contributed by atoms with Crippen LogP contribution in [0.1, 0.15) is 11.3 Å². The van der Waals surface area contributed by atoms with Gasteiger partial charge in [0, 0.05) is 10.7 Å². The molecule has 0 saturated carbocycles. The molecule has 3 rings (SSSR count). The molecule has 1 fully saturated rings. The SMILES string of the molecule is FC(F)(c1ccccn1)C1(c2ccc(Br)cc2)CO1. The second-order valence-electron chi connectivity index (χ2n) is 4.41. The van der Waals surface area contributed by atoms with Gasteiger partial charge >= 0.3 is 5.92 Å². The van der Waals surface area contributed by atoms with E-state index >= 15 is 0 Å². The van der Waals surface area contributed by atoms with E-state index in [-0.39, 0.29) is 12.3 Å². The highest BCUT2D eigenvalue weighted by atomic mass is 79.9. The Morgan fingerprint density at radius 3 is 2.37 bits per heavy atom. The van der Waals surface area contributed by atoms with E-state index in [1.165, 1.54) is 12.3 Å². The Morgan fingerprint density at radius 2 is 1.84 bits per heavy atom. The molecule has 0 aliphatic carbocycles. The fraction of sp³-hybridized carbons (Fsp3) is 0.214. The normalized spacial score (nSPS) is 22.3. The fourth-order valence-electron chi connectivity index (χ4n) is 2.08. The summed E-state index contributed by atoms with van der Waals surface area (Å²) in [6.45, 7) is -0.00178. The third kappa shape index (κ3) is 1.97. The lowest BCUT2D eigenvalue weighted by Crippen LogP contribution is -2.33. The van der Waals surface area contributed by atoms with Crippen LogP contribution in [0.4, 0.5) is 8.78 Å². The van der Waals surface area contributed by atoms with Crippen molar-refractivity contribution >= 4 is 15.9 Å². The molecular formula is C14H10BrF2NO. The second-order valence-corrected chi connectivity index (χ2v) is 5.33. The van der Waals surface area contributed by atoms with Crippen molar-refractivity contribution in [3.05, 3.63) is 64.4 Å². The Balaban J connectivity index is 2.03. The van der Waals surface area contributed by atoms with Gasteiger partial charge in [0.25, 0.3) is 0 Å². The van der Waals surface area contributed by atoms with Crippen molar-refractivity contribution in [1.29, 1.82) is 0 Å². The number of epoxide rings is 1. The molecular weight excluding hydrogens is 316 g/mol. The van der Waals surface area contributed by atoms with E-state index in [1.807, 2.05) is 0 Å². The smallest absolute Gasteiger partial charge is 0.324 e. The van der Waals surface area contributed by atoms with Crippen molar-refractivity contribution in [3.8, 4) is 0 Å². The van der Waals surface area contributed by atoms with Crippen LogP contribution in [0.3, 0.4) is 0 Å². The predicted molar refractivity (Wildman–Crippen MR) is 69.9 cm³/mol. The van der Waals surface area contributed by atoms with E-state index in [0.717, 1.165) is 4.47 Å². The molecule has 0 N–H and O–H groups in total. The quantitative estimate of drug-likeness (QED) is 0.801. The number of benzene rings is 1. The number of ether oxygens (including phenoxy) is 1. The number of alkyl halides is 2. The molecule has 1 aliphatic heterocycles. The van der Waals surface area contributed by atoms with Crippen LogP contribution in [0.5, 0.6) is 0 Å². The molecule has 5 heteroatoms. The van der Waals surface area contributed by atoms with E-state index in [0.29, 0.717) is 5.56 Å². The first kappa shape index (κ1) is 12.7. The Labute approximate surface area is 117 Å². The average molecular weight is 326 g/mol. The lowest BCUT2D eigenvalue weighted by Gasteiger charge is -2.23. The van der Waals surface area contributed by atoms with Gasteiger partial charge in [-0.05, 0) is 29.8 Å². The molecule has 0 amide bonds. The minimum atomic E-state index is -3.15. The van der Waals surface area contributed by atoms with Crippen LogP contribution < -0.4 is 0 Å². The zero-order valence-electron chi connectivity index (χ0n) is 9.82. The molecule has 2 aromatic rings. The summed E-state index contributed by atoms with van der Waals surface area (Å²) < 4.78 is 35.1. The summed E-state index contributed by atoms with van der Waals surface area (Å²) in [6, 6.07) is 11.2. The highest BCUT2D eigenvalue weighted by Crippen LogP contribution is 2.55. The van der Waals surface area contributed by atoms with Crippen molar-refractivity contribution in [2.24, 2.45) is 0 Å². The van der Waals surface area contributed by atoms with Gasteiger partial charge in [-0.15, -0.1) is 0 Å². The summed E-state index contributed by atoms with van der Waals surface area (Å²) in [4.78, 5) is 3.76. The van der Waals surface area contributed by atoms with Gasteiger partial charge in [-0.2, -0.15) is 8.78 Å². The van der Waals surface area contributed by atoms with Crippen molar-refractivity contribution in [3.63, 3.8) is 0 Å². The zero-order chi connectivity index (χ0) is 13.5. The first-order valence-electron chi connectivity index (χ1n) is 5.76. The number of rotatable bonds is 3. The zero-order valence-corrected chi connectivity index (χ0v) is 11.4. The Hall–Kier alpha value is -1.33. The van der Waals surface area contributed by atoms with Crippen molar-refractivity contribution < 1.29 is 13.5 Å². The van der Waals surface area contributed by atoms with Gasteiger partial charge in [0.15, 0.2) is 5.60 Å². The van der Waals surface area contributed by atoms with Gasteiger partial charge in [0.05, 0.1) is 6.61 Å². The van der Waals surface area contributed by atoms with E-state index in [9.17, 15) is 8.78 Å². The lowest BCUT2D eigenvalue weighted by molar-refractivity contribution is -0.0889. The predicted octanol–water partition coefficient (Wildman–Crippen LogP) is 3.86. The highest BCUT2D eigenvalue weighted by Gasteiger charge is 2.67. The van der Waals surface area contributed by atoms with Crippen LogP contribution >= 0.6 is 15.9 Å². The van der Waals surface area contributed by atoms with Crippen LogP contribution in [0.2, 0.25) is 0 Å². The molecule has 19 heavy (non-hydrogen) atoms. The second kappa shape index (κ2) is 4.35. The summed E-state index contributed by atoms with van der Waals surface area (Å²) in [6.07, 6.45) is 1.36. The summed E-state index contributed by atoms with van der Waals surface area (Å²) in [7, 11) is 0. The number of nitrogens with zero attached hydrogens (tertiary/aromatic N) is 1. The van der Waals surface area contributed by atoms with Crippen LogP contribution in [0.15, 0.2) is 53.1 Å². The van der Waals surface area contributed by atoms with Crippen molar-refractivity contribution in [1.82, 2.24) is 4.98 Å². The molecule has 2 heterocycles. The minimum absolute atomic E-state index is 0.00178. The molecule has 1 unspecified atom stereocenters. The molecule has 1 atom stereocenters. The molecule has 2 nitrogen and oxygen atoms in total. The number of hydrogen-bond acceptors (Lipinski definition) is 2. The molecule has 0 bridgehead atoms. The van der Waals surface area contributed by atoms with E-state index in [4.69, 9.17) is 4.74 Å². The molecule has 0 spiro atoms. The van der Waals surface area contributed by atoms with Crippen LogP contribution in [0, 0.1) is 0 Å². The fourth-order valence-corrected chi connectivity index (χ4v) is 2.34. The number of hydrogen-bond donors (Lipinski definition) is 0. The number of aromatic nitrogens is 1. The summed E-state index contributed by atoms with van der Waals surface area (Å²) >= 11 is 3.29. The van der Waals surface area contributed by atoms with Crippen LogP contribution in [-0.2, 0) is 16.3 Å². The lowest BCUT2D eigenvalue weighted by atomic mass is 9.91. The Kier molecular flexibility index (Phi) is 2.91. The van der Waals surface area contributed by atoms with E-state index < -0.39 is 11.5 Å². The van der Waals surface area contributed by atoms with Gasteiger partial charge in [-0.1, -0.05) is 34.1 Å². The molecule has 1 aromatic heterocycles. The molecule has 1 saturated heterocycles. The third-order valence-corrected chi connectivity index (χ3v) is 3.77. The summed E-state index contributed by atoms with van der Waals surface area (Å²) in [5.41, 5.74) is -1.39. The van der Waals surface area contributed by atoms with Crippen molar-refractivity contribution in [2.45, 2.75) is 11.5 Å². The van der Waals surface area contributed by atoms with Gasteiger partial charge in [-0.25, -0.2) is 0 Å². The Morgan fingerprint density at radius 1 is 1.16 bits per heavy atom. The topological polar surface area (TPSA) is 25.4 Å². The first-order chi connectivity index (χ1) is 9.06. The standard InChI is InChI=1S/C14H10BrF2NO/c15-11-6-4-10(5-7-11)13(9-19-13)14(16,17)12-3-1-2-8-18-12/h1-8H,9H2. The highest BCUT2D eigenvalue weighted by molar-refractivity contribution is 9.10. The molecule has 0 radical (unpaired) electrons. The maximum absolute atomic E-state index is 14.6. The van der Waals surface area contributed by atoms with E-state index in [2.05, 4.69) is 20.9 Å². The monoisotopic (exact) mass is 325 g/mol. The number of pyridine rings is 1. The first-order valence-corrected chi connectivity index (χ1v) is 6.55. The van der Waals surface area contributed by atoms with Crippen LogP contribution in [0.25, 0.3) is 0 Å². The minimum Gasteiger partial charge on any atom is -0.357 e. The van der Waals surface area contributed by atoms with Gasteiger partial charge in [0.1, 0.15) is 5.69 Å². The molecule has 98 valence electrons. The third-order valence-electron chi connectivity index (χ3n) is 3.24. The van der Waals surface area contributed by atoms with Gasteiger partial charge in [-0.3, -0.25) is 4.98 Å². The molecule has 1 aromatic carbocycles. The van der Waals surface area contributed by atoms with Gasteiger partial charge < -0.3 is 4.74 Å². The largest absolute Gasteiger partial charge is 0.357 e. The van der Waals surface area contributed by atoms with Crippen LogP contribution in [-0.4, -0.2) is 11.6 Å². The average Bonchev–Trinajstić information content (AvgIpc) is 3.22. The summed E-state index contributed by atoms with van der Waals surface area (Å²) in [5.74, 6) is -3.15. The van der Waals surface area contributed by atoms with E-state index in [1.54, 1.807) is 36.4 Å². The Bertz CT molecular complexity index is 582. The molecule has 1 aliphatic rings. The maximum atomic E-state index is 14.6. The number of halogens is 3. The van der Waals surface area contributed by atoms with Gasteiger partial charge in [0.2, 0.25) is 0 Å².